The highest BCUT2D eigenvalue weighted by Gasteiger charge is 2.16. The molecular weight excluding hydrogens is 319 g/mol. The lowest BCUT2D eigenvalue weighted by Crippen LogP contribution is -2.32. The second-order valence-electron chi connectivity index (χ2n) is 5.09. The van der Waals surface area contributed by atoms with Gasteiger partial charge in [-0.25, -0.2) is 4.39 Å². The number of benzene rings is 2. The summed E-state index contributed by atoms with van der Waals surface area (Å²) in [5, 5.41) is 19.7. The summed E-state index contributed by atoms with van der Waals surface area (Å²) < 4.78 is 19.3. The SMILES string of the molecule is N[C@@H](Cc1ccc(OCc2ccccc2[N+](=O)[O-])c(F)c1)C(=O)O. The number of para-hydroxylation sites is 1. The number of carboxylic acid groups (broad SMARTS) is 1. The van der Waals surface area contributed by atoms with Crippen LogP contribution in [0.4, 0.5) is 10.1 Å². The quantitative estimate of drug-likeness (QED) is 0.593. The Bertz CT molecular complexity index is 766. The Balaban J connectivity index is 2.09. The lowest BCUT2D eigenvalue weighted by Gasteiger charge is -2.10. The smallest absolute Gasteiger partial charge is 0.320 e. The molecule has 2 aromatic carbocycles. The molecule has 0 fully saturated rings. The van der Waals surface area contributed by atoms with E-state index in [4.69, 9.17) is 15.6 Å². The minimum atomic E-state index is -1.17. The molecule has 126 valence electrons. The molecule has 0 aliphatic heterocycles. The zero-order valence-electron chi connectivity index (χ0n) is 12.5. The first-order valence-corrected chi connectivity index (χ1v) is 7.00. The summed E-state index contributed by atoms with van der Waals surface area (Å²) in [4.78, 5) is 21.1. The van der Waals surface area contributed by atoms with E-state index in [1.54, 1.807) is 6.07 Å². The maximum atomic E-state index is 14.0. The Morgan fingerprint density at radius 1 is 1.33 bits per heavy atom. The second-order valence-corrected chi connectivity index (χ2v) is 5.09. The maximum Gasteiger partial charge on any atom is 0.320 e. The van der Waals surface area contributed by atoms with Crippen LogP contribution in [-0.4, -0.2) is 22.0 Å². The maximum absolute atomic E-state index is 14.0. The molecule has 0 spiro atoms. The van der Waals surface area contributed by atoms with Gasteiger partial charge in [0.25, 0.3) is 5.69 Å². The van der Waals surface area contributed by atoms with Crippen molar-refractivity contribution in [2.75, 3.05) is 0 Å². The first-order valence-electron chi connectivity index (χ1n) is 7.00. The third kappa shape index (κ3) is 4.26. The summed E-state index contributed by atoms with van der Waals surface area (Å²) in [5.74, 6) is -1.95. The van der Waals surface area contributed by atoms with Crippen molar-refractivity contribution in [2.24, 2.45) is 5.73 Å². The van der Waals surface area contributed by atoms with Crippen LogP contribution in [0, 0.1) is 15.9 Å². The number of hydrogen-bond donors (Lipinski definition) is 2. The fourth-order valence-corrected chi connectivity index (χ4v) is 2.10. The van der Waals surface area contributed by atoms with Crippen molar-refractivity contribution in [1.29, 1.82) is 0 Å². The molecule has 0 heterocycles. The molecule has 0 saturated carbocycles. The highest BCUT2D eigenvalue weighted by atomic mass is 19.1. The van der Waals surface area contributed by atoms with Crippen LogP contribution in [-0.2, 0) is 17.8 Å². The molecule has 0 radical (unpaired) electrons. The monoisotopic (exact) mass is 334 g/mol. The topological polar surface area (TPSA) is 116 Å². The molecule has 8 heteroatoms. The normalized spacial score (nSPS) is 11.8. The zero-order valence-corrected chi connectivity index (χ0v) is 12.5. The van der Waals surface area contributed by atoms with Gasteiger partial charge in [0.15, 0.2) is 11.6 Å². The number of rotatable bonds is 7. The predicted octanol–water partition coefficient (Wildman–Crippen LogP) is 2.27. The van der Waals surface area contributed by atoms with Gasteiger partial charge in [0, 0.05) is 6.07 Å². The lowest BCUT2D eigenvalue weighted by atomic mass is 10.1. The third-order valence-electron chi connectivity index (χ3n) is 3.34. The highest BCUT2D eigenvalue weighted by Crippen LogP contribution is 2.23. The summed E-state index contributed by atoms with van der Waals surface area (Å²) in [6.45, 7) is -0.165. The molecule has 3 N–H and O–H groups in total. The van der Waals surface area contributed by atoms with Crippen molar-refractivity contribution in [2.45, 2.75) is 19.1 Å². The third-order valence-corrected chi connectivity index (χ3v) is 3.34. The Hall–Kier alpha value is -3.00. The van der Waals surface area contributed by atoms with E-state index in [1.807, 2.05) is 0 Å². The van der Waals surface area contributed by atoms with Gasteiger partial charge in [-0.2, -0.15) is 0 Å². The van der Waals surface area contributed by atoms with Gasteiger partial charge >= 0.3 is 5.97 Å². The number of hydrogen-bond acceptors (Lipinski definition) is 5. The number of nitrogens with two attached hydrogens (primary N) is 1. The zero-order chi connectivity index (χ0) is 17.7. The number of aliphatic carboxylic acids is 1. The van der Waals surface area contributed by atoms with E-state index in [0.29, 0.717) is 11.1 Å². The van der Waals surface area contributed by atoms with Gasteiger partial charge < -0.3 is 15.6 Å². The predicted molar refractivity (Wildman–Crippen MR) is 83.1 cm³/mol. The molecule has 0 aliphatic carbocycles. The molecule has 2 rings (SSSR count). The Kier molecular flexibility index (Phi) is 5.43. The minimum Gasteiger partial charge on any atom is -0.486 e. The number of nitrogens with zero attached hydrogens (tertiary/aromatic N) is 1. The molecule has 0 aromatic heterocycles. The number of ether oxygens (including phenoxy) is 1. The first kappa shape index (κ1) is 17.4. The first-order chi connectivity index (χ1) is 11.4. The van der Waals surface area contributed by atoms with Crippen LogP contribution < -0.4 is 10.5 Å². The van der Waals surface area contributed by atoms with Gasteiger partial charge in [-0.1, -0.05) is 18.2 Å². The average molecular weight is 334 g/mol. The summed E-state index contributed by atoms with van der Waals surface area (Å²) in [6, 6.07) is 8.87. The molecule has 24 heavy (non-hydrogen) atoms. The van der Waals surface area contributed by atoms with Crippen molar-refractivity contribution in [3.63, 3.8) is 0 Å². The van der Waals surface area contributed by atoms with Crippen molar-refractivity contribution < 1.29 is 24.0 Å². The van der Waals surface area contributed by atoms with Crippen molar-refractivity contribution >= 4 is 11.7 Å². The molecule has 2 aromatic rings. The van der Waals surface area contributed by atoms with E-state index in [-0.39, 0.29) is 24.5 Å². The van der Waals surface area contributed by atoms with Gasteiger partial charge in [-0.15, -0.1) is 0 Å². The summed E-state index contributed by atoms with van der Waals surface area (Å²) in [7, 11) is 0. The van der Waals surface area contributed by atoms with E-state index >= 15 is 0 Å². The molecular formula is C16H15FN2O5. The lowest BCUT2D eigenvalue weighted by molar-refractivity contribution is -0.385. The number of carbonyl (C=O) groups is 1. The van der Waals surface area contributed by atoms with Crippen LogP contribution in [0.3, 0.4) is 0 Å². The largest absolute Gasteiger partial charge is 0.486 e. The highest BCUT2D eigenvalue weighted by molar-refractivity contribution is 5.73. The molecule has 0 amide bonds. The molecule has 0 saturated heterocycles. The summed E-state index contributed by atoms with van der Waals surface area (Å²) in [5.41, 5.74) is 6.03. The Morgan fingerprint density at radius 3 is 2.67 bits per heavy atom. The van der Waals surface area contributed by atoms with Gasteiger partial charge in [-0.3, -0.25) is 14.9 Å². The van der Waals surface area contributed by atoms with E-state index in [0.717, 1.165) is 6.07 Å². The van der Waals surface area contributed by atoms with Gasteiger partial charge in [0.1, 0.15) is 12.6 Å². The molecule has 7 nitrogen and oxygen atoms in total. The fraction of sp³-hybridized carbons (Fsp3) is 0.188. The van der Waals surface area contributed by atoms with Crippen molar-refractivity contribution in [3.05, 3.63) is 69.5 Å². The number of carboxylic acids is 1. The van der Waals surface area contributed by atoms with E-state index in [2.05, 4.69) is 0 Å². The van der Waals surface area contributed by atoms with Crippen LogP contribution in [0.15, 0.2) is 42.5 Å². The van der Waals surface area contributed by atoms with E-state index in [1.165, 1.54) is 30.3 Å². The second kappa shape index (κ2) is 7.51. The Labute approximate surface area is 136 Å². The molecule has 1 atom stereocenters. The van der Waals surface area contributed by atoms with Crippen LogP contribution in [0.1, 0.15) is 11.1 Å². The van der Waals surface area contributed by atoms with E-state index < -0.39 is 22.8 Å². The standard InChI is InChI=1S/C16H15FN2O5/c17-12-7-10(8-13(18)16(20)21)5-6-15(12)24-9-11-3-1-2-4-14(11)19(22)23/h1-7,13H,8-9,18H2,(H,20,21)/t13-/m0/s1. The van der Waals surface area contributed by atoms with Crippen molar-refractivity contribution in [1.82, 2.24) is 0 Å². The van der Waals surface area contributed by atoms with E-state index in [9.17, 15) is 19.3 Å². The summed E-state index contributed by atoms with van der Waals surface area (Å²) >= 11 is 0. The molecule has 0 aliphatic rings. The van der Waals surface area contributed by atoms with Crippen LogP contribution in [0.2, 0.25) is 0 Å². The van der Waals surface area contributed by atoms with Crippen LogP contribution in [0.25, 0.3) is 0 Å². The van der Waals surface area contributed by atoms with Gasteiger partial charge in [-0.05, 0) is 30.2 Å². The number of nitro groups is 1. The Morgan fingerprint density at radius 2 is 2.04 bits per heavy atom. The molecule has 0 unspecified atom stereocenters. The van der Waals surface area contributed by atoms with Crippen LogP contribution >= 0.6 is 0 Å². The molecule has 0 bridgehead atoms. The van der Waals surface area contributed by atoms with Gasteiger partial charge in [0.2, 0.25) is 0 Å². The van der Waals surface area contributed by atoms with Crippen molar-refractivity contribution in [3.8, 4) is 5.75 Å². The summed E-state index contributed by atoms with van der Waals surface area (Å²) in [6.07, 6.45) is -0.0172. The van der Waals surface area contributed by atoms with Gasteiger partial charge in [0.05, 0.1) is 10.5 Å². The minimum absolute atomic E-state index is 0.0172. The average Bonchev–Trinajstić information content (AvgIpc) is 2.54. The fourth-order valence-electron chi connectivity index (χ4n) is 2.10. The number of halogens is 1. The number of nitro benzene ring substituents is 1. The van der Waals surface area contributed by atoms with Crippen LogP contribution in [0.5, 0.6) is 5.75 Å².